The van der Waals surface area contributed by atoms with Gasteiger partial charge in [-0.1, -0.05) is 12.1 Å². The van der Waals surface area contributed by atoms with Crippen molar-refractivity contribution in [1.82, 2.24) is 25.2 Å². The van der Waals surface area contributed by atoms with Gasteiger partial charge in [0.2, 0.25) is 5.91 Å². The lowest BCUT2D eigenvalue weighted by Gasteiger charge is -2.19. The van der Waals surface area contributed by atoms with Crippen molar-refractivity contribution in [2.24, 2.45) is 0 Å². The topological polar surface area (TPSA) is 144 Å². The lowest BCUT2D eigenvalue weighted by Crippen LogP contribution is -2.43. The molecule has 0 spiro atoms. The van der Waals surface area contributed by atoms with E-state index in [0.29, 0.717) is 11.0 Å². The third-order valence-electron chi connectivity index (χ3n) is 5.06. The zero-order valence-electron chi connectivity index (χ0n) is 17.0. The number of pyridine rings is 1. The highest BCUT2D eigenvalue weighted by Crippen LogP contribution is 2.31. The molecule has 1 aliphatic rings. The van der Waals surface area contributed by atoms with Gasteiger partial charge in [-0.05, 0) is 18.2 Å². The summed E-state index contributed by atoms with van der Waals surface area (Å²) >= 11 is 0. The maximum absolute atomic E-state index is 13.6. The molecule has 0 radical (unpaired) electrons. The molecule has 10 nitrogen and oxygen atoms in total. The van der Waals surface area contributed by atoms with Crippen molar-refractivity contribution in [3.05, 3.63) is 54.1 Å². The van der Waals surface area contributed by atoms with Gasteiger partial charge in [0.25, 0.3) is 17.7 Å². The Hall–Kier alpha value is -4.40. The summed E-state index contributed by atoms with van der Waals surface area (Å²) in [6.45, 7) is -1.47. The molecule has 1 fully saturated rings. The maximum atomic E-state index is 13.6. The summed E-state index contributed by atoms with van der Waals surface area (Å²) in [6.07, 6.45) is 1.83. The highest BCUT2D eigenvalue weighted by molar-refractivity contribution is 6.08. The number of rotatable bonds is 5. The second-order valence-electron chi connectivity index (χ2n) is 7.39. The van der Waals surface area contributed by atoms with E-state index < -0.39 is 49.2 Å². The molecule has 1 atom stereocenters. The van der Waals surface area contributed by atoms with Crippen LogP contribution in [0.2, 0.25) is 0 Å². The molecule has 2 aromatic heterocycles. The molecular weight excluding hydrogens is 436 g/mol. The quantitative estimate of drug-likeness (QED) is 0.536. The van der Waals surface area contributed by atoms with Crippen LogP contribution in [0, 0.1) is 11.3 Å². The number of fused-ring (bicyclic) bond motifs is 1. The molecule has 0 aliphatic carbocycles. The van der Waals surface area contributed by atoms with E-state index in [1.807, 2.05) is 0 Å². The molecule has 0 saturated carbocycles. The fourth-order valence-electron chi connectivity index (χ4n) is 3.48. The third-order valence-corrected chi connectivity index (χ3v) is 5.06. The number of para-hydroxylation sites is 2. The lowest BCUT2D eigenvalue weighted by atomic mass is 10.2. The number of H-pyrrole nitrogens is 1. The van der Waals surface area contributed by atoms with Gasteiger partial charge in [0.05, 0.1) is 47.6 Å². The highest BCUT2D eigenvalue weighted by atomic mass is 19.3. The molecule has 12 heteroatoms. The summed E-state index contributed by atoms with van der Waals surface area (Å²) in [5, 5.41) is 13.9. The van der Waals surface area contributed by atoms with Crippen LogP contribution in [-0.4, -0.2) is 62.6 Å². The lowest BCUT2D eigenvalue weighted by molar-refractivity contribution is -0.131. The minimum absolute atomic E-state index is 0.00541. The van der Waals surface area contributed by atoms with Gasteiger partial charge in [-0.3, -0.25) is 19.4 Å². The van der Waals surface area contributed by atoms with Crippen molar-refractivity contribution >= 4 is 34.4 Å². The van der Waals surface area contributed by atoms with Crippen LogP contribution in [0.4, 0.5) is 14.5 Å². The molecule has 0 bridgehead atoms. The monoisotopic (exact) mass is 453 g/mol. The smallest absolute Gasteiger partial charge is 0.291 e. The van der Waals surface area contributed by atoms with Gasteiger partial charge in [-0.25, -0.2) is 13.8 Å². The molecule has 3 N–H and O–H groups in total. The summed E-state index contributed by atoms with van der Waals surface area (Å²) in [5.41, 5.74) is 1.32. The van der Waals surface area contributed by atoms with Gasteiger partial charge < -0.3 is 20.5 Å². The van der Waals surface area contributed by atoms with Gasteiger partial charge in [-0.15, -0.1) is 0 Å². The van der Waals surface area contributed by atoms with Crippen LogP contribution in [0.25, 0.3) is 11.0 Å². The zero-order chi connectivity index (χ0) is 23.6. The Labute approximate surface area is 185 Å². The van der Waals surface area contributed by atoms with E-state index in [1.54, 1.807) is 30.3 Å². The predicted molar refractivity (Wildman–Crippen MR) is 111 cm³/mol. The van der Waals surface area contributed by atoms with Crippen LogP contribution < -0.4 is 10.6 Å². The molecule has 3 heterocycles. The highest BCUT2D eigenvalue weighted by Gasteiger charge is 2.47. The number of aromatic amines is 1. The van der Waals surface area contributed by atoms with Crippen molar-refractivity contribution < 1.29 is 23.2 Å². The molecule has 4 rings (SSSR count). The number of anilines is 1. The van der Waals surface area contributed by atoms with Crippen LogP contribution in [0.5, 0.6) is 0 Å². The molecule has 33 heavy (non-hydrogen) atoms. The molecule has 3 aromatic rings. The SMILES string of the molecule is N#CC1CC(F)(F)CN1C(=O)CNC(=O)c1ccncc1NC(=O)c1nc2ccccc2[nH]1. The second-order valence-corrected chi connectivity index (χ2v) is 7.39. The molecule has 1 unspecified atom stereocenters. The van der Waals surface area contributed by atoms with Crippen LogP contribution in [-0.2, 0) is 4.79 Å². The third kappa shape index (κ3) is 4.62. The first-order valence-electron chi connectivity index (χ1n) is 9.82. The first-order valence-corrected chi connectivity index (χ1v) is 9.82. The van der Waals surface area contributed by atoms with Crippen molar-refractivity contribution in [1.29, 1.82) is 5.26 Å². The number of hydrogen-bond acceptors (Lipinski definition) is 6. The van der Waals surface area contributed by atoms with Crippen LogP contribution in [0.3, 0.4) is 0 Å². The largest absolute Gasteiger partial charge is 0.343 e. The number of nitriles is 1. The van der Waals surface area contributed by atoms with Gasteiger partial charge in [-0.2, -0.15) is 5.26 Å². The molecule has 1 saturated heterocycles. The normalized spacial score (nSPS) is 16.9. The Morgan fingerprint density at radius 3 is 2.79 bits per heavy atom. The van der Waals surface area contributed by atoms with Crippen LogP contribution >= 0.6 is 0 Å². The van der Waals surface area contributed by atoms with Crippen molar-refractivity contribution in [3.8, 4) is 6.07 Å². The maximum Gasteiger partial charge on any atom is 0.291 e. The Morgan fingerprint density at radius 2 is 2.03 bits per heavy atom. The van der Waals surface area contributed by atoms with E-state index in [9.17, 15) is 23.2 Å². The number of likely N-dealkylation sites (tertiary alicyclic amines) is 1. The molecular formula is C21H17F2N7O3. The minimum Gasteiger partial charge on any atom is -0.343 e. The number of benzene rings is 1. The number of carbonyl (C=O) groups is 3. The number of nitrogens with one attached hydrogen (secondary N) is 3. The average Bonchev–Trinajstić information content (AvgIpc) is 3.38. The Morgan fingerprint density at radius 1 is 1.24 bits per heavy atom. The van der Waals surface area contributed by atoms with Crippen LogP contribution in [0.15, 0.2) is 42.7 Å². The van der Waals surface area contributed by atoms with Gasteiger partial charge >= 0.3 is 0 Å². The summed E-state index contributed by atoms with van der Waals surface area (Å²) in [4.78, 5) is 49.2. The predicted octanol–water partition coefficient (Wildman–Crippen LogP) is 1.70. The van der Waals surface area contributed by atoms with E-state index in [0.717, 1.165) is 4.90 Å². The molecule has 168 valence electrons. The van der Waals surface area contributed by atoms with Gasteiger partial charge in [0.15, 0.2) is 5.82 Å². The second kappa shape index (κ2) is 8.62. The van der Waals surface area contributed by atoms with Gasteiger partial charge in [0, 0.05) is 12.6 Å². The van der Waals surface area contributed by atoms with Crippen molar-refractivity contribution in [2.45, 2.75) is 18.4 Å². The molecule has 3 amide bonds. The average molecular weight is 453 g/mol. The molecule has 1 aromatic carbocycles. The van der Waals surface area contributed by atoms with E-state index in [-0.39, 0.29) is 17.1 Å². The van der Waals surface area contributed by atoms with E-state index in [1.165, 1.54) is 18.5 Å². The number of nitrogens with zero attached hydrogens (tertiary/aromatic N) is 4. The van der Waals surface area contributed by atoms with E-state index >= 15 is 0 Å². The van der Waals surface area contributed by atoms with E-state index in [2.05, 4.69) is 25.6 Å². The Kier molecular flexibility index (Phi) is 5.70. The number of aromatic nitrogens is 3. The first kappa shape index (κ1) is 21.8. The Bertz CT molecular complexity index is 1250. The fourth-order valence-corrected chi connectivity index (χ4v) is 3.48. The molecule has 1 aliphatic heterocycles. The van der Waals surface area contributed by atoms with E-state index in [4.69, 9.17) is 5.26 Å². The summed E-state index contributed by atoms with van der Waals surface area (Å²) < 4.78 is 27.1. The zero-order valence-corrected chi connectivity index (χ0v) is 17.0. The number of hydrogen-bond donors (Lipinski definition) is 3. The van der Waals surface area contributed by atoms with Gasteiger partial charge in [0.1, 0.15) is 6.04 Å². The Balaban J connectivity index is 1.43. The number of alkyl halides is 2. The standard InChI is InChI=1S/C21H17F2N7O3/c22-21(23)7-12(8-24)30(11-21)17(31)10-26-19(32)13-5-6-25-9-16(13)29-20(33)18-27-14-3-1-2-4-15(14)28-18/h1-6,9,12H,7,10-11H2,(H,26,32)(H,27,28)(H,29,33). The number of imidazole rings is 1. The number of carbonyl (C=O) groups excluding carboxylic acids is 3. The minimum atomic E-state index is -3.15. The van der Waals surface area contributed by atoms with Crippen molar-refractivity contribution in [3.63, 3.8) is 0 Å². The summed E-state index contributed by atoms with van der Waals surface area (Å²) in [5.74, 6) is -5.28. The fraction of sp³-hybridized carbons (Fsp3) is 0.238. The first-order chi connectivity index (χ1) is 15.8. The summed E-state index contributed by atoms with van der Waals surface area (Å²) in [6, 6.07) is 8.79. The van der Waals surface area contributed by atoms with Crippen LogP contribution in [0.1, 0.15) is 27.4 Å². The number of amides is 3. The number of halogens is 2. The van der Waals surface area contributed by atoms with Crippen molar-refractivity contribution in [2.75, 3.05) is 18.4 Å². The summed E-state index contributed by atoms with van der Waals surface area (Å²) in [7, 11) is 0.